The molecular weight excluding hydrogens is 188 g/mol. The Kier molecular flexibility index (Phi) is 6.22. The van der Waals surface area contributed by atoms with Gasteiger partial charge >= 0.3 is 0 Å². The van der Waals surface area contributed by atoms with E-state index in [0.717, 1.165) is 32.3 Å². The van der Waals surface area contributed by atoms with Crippen molar-refractivity contribution >= 4 is 0 Å². The summed E-state index contributed by atoms with van der Waals surface area (Å²) < 4.78 is 5.15. The Bertz CT molecular complexity index is 160. The molecular formula is C12H26N2O. The molecule has 1 atom stereocenters. The monoisotopic (exact) mass is 214 g/mol. The number of nitrogens with zero attached hydrogens (tertiary/aromatic N) is 1. The van der Waals surface area contributed by atoms with Crippen LogP contribution in [0.1, 0.15) is 33.1 Å². The van der Waals surface area contributed by atoms with E-state index in [-0.39, 0.29) is 0 Å². The molecule has 0 aliphatic heterocycles. The van der Waals surface area contributed by atoms with Gasteiger partial charge in [-0.05, 0) is 32.7 Å². The predicted octanol–water partition coefficient (Wildman–Crippen LogP) is 1.49. The molecule has 0 bridgehead atoms. The van der Waals surface area contributed by atoms with Gasteiger partial charge < -0.3 is 10.1 Å². The third kappa shape index (κ3) is 5.50. The normalized spacial score (nSPS) is 18.4. The first-order valence-electron chi connectivity index (χ1n) is 6.24. The van der Waals surface area contributed by atoms with Gasteiger partial charge in [0.2, 0.25) is 0 Å². The van der Waals surface area contributed by atoms with Gasteiger partial charge in [-0.2, -0.15) is 0 Å². The summed E-state index contributed by atoms with van der Waals surface area (Å²) in [6.45, 7) is 8.72. The Morgan fingerprint density at radius 3 is 2.73 bits per heavy atom. The number of hydrogen-bond donors (Lipinski definition) is 1. The lowest BCUT2D eigenvalue weighted by atomic mass is 10.3. The molecule has 0 aromatic rings. The Labute approximate surface area is 94.2 Å². The lowest BCUT2D eigenvalue weighted by molar-refractivity contribution is 0.137. The summed E-state index contributed by atoms with van der Waals surface area (Å²) in [6.07, 6.45) is 3.97. The van der Waals surface area contributed by atoms with Gasteiger partial charge in [0, 0.05) is 32.3 Å². The molecule has 90 valence electrons. The van der Waals surface area contributed by atoms with Crippen LogP contribution in [0.2, 0.25) is 0 Å². The molecule has 1 rings (SSSR count). The average Bonchev–Trinajstić information content (AvgIpc) is 3.04. The van der Waals surface area contributed by atoms with Crippen molar-refractivity contribution in [3.63, 3.8) is 0 Å². The summed E-state index contributed by atoms with van der Waals surface area (Å²) in [5.74, 6) is 0. The van der Waals surface area contributed by atoms with Crippen molar-refractivity contribution in [1.29, 1.82) is 0 Å². The van der Waals surface area contributed by atoms with E-state index in [1.165, 1.54) is 19.3 Å². The van der Waals surface area contributed by atoms with Gasteiger partial charge in [0.15, 0.2) is 0 Å². The quantitative estimate of drug-likeness (QED) is 0.629. The van der Waals surface area contributed by atoms with E-state index < -0.39 is 0 Å². The molecule has 0 heterocycles. The smallest absolute Gasteiger partial charge is 0.0589 e. The molecule has 0 radical (unpaired) electrons. The average molecular weight is 214 g/mol. The van der Waals surface area contributed by atoms with Crippen LogP contribution in [-0.4, -0.2) is 50.3 Å². The second-order valence-electron chi connectivity index (χ2n) is 4.57. The minimum Gasteiger partial charge on any atom is -0.383 e. The van der Waals surface area contributed by atoms with Crippen LogP contribution in [0.4, 0.5) is 0 Å². The zero-order valence-electron chi connectivity index (χ0n) is 10.5. The van der Waals surface area contributed by atoms with Gasteiger partial charge in [0.1, 0.15) is 0 Å². The van der Waals surface area contributed by atoms with Crippen molar-refractivity contribution in [1.82, 2.24) is 10.2 Å². The summed E-state index contributed by atoms with van der Waals surface area (Å²) in [4.78, 5) is 2.57. The largest absolute Gasteiger partial charge is 0.383 e. The van der Waals surface area contributed by atoms with E-state index in [1.807, 2.05) is 0 Å². The standard InChI is InChI=1S/C12H26N2O/c1-4-7-13-11(2)10-14(8-9-15-3)12-5-6-12/h11-13H,4-10H2,1-3H3. The van der Waals surface area contributed by atoms with Crippen molar-refractivity contribution in [2.75, 3.05) is 33.4 Å². The summed E-state index contributed by atoms with van der Waals surface area (Å²) in [5.41, 5.74) is 0. The van der Waals surface area contributed by atoms with E-state index in [0.29, 0.717) is 6.04 Å². The highest BCUT2D eigenvalue weighted by Crippen LogP contribution is 2.26. The molecule has 3 heteroatoms. The van der Waals surface area contributed by atoms with Gasteiger partial charge in [-0.1, -0.05) is 6.92 Å². The molecule has 3 nitrogen and oxygen atoms in total. The number of rotatable bonds is 9. The second-order valence-corrected chi connectivity index (χ2v) is 4.57. The van der Waals surface area contributed by atoms with Crippen LogP contribution < -0.4 is 5.32 Å². The van der Waals surface area contributed by atoms with Crippen molar-refractivity contribution in [3.05, 3.63) is 0 Å². The van der Waals surface area contributed by atoms with Gasteiger partial charge in [0.25, 0.3) is 0 Å². The topological polar surface area (TPSA) is 24.5 Å². The van der Waals surface area contributed by atoms with Crippen molar-refractivity contribution < 1.29 is 4.74 Å². The fourth-order valence-corrected chi connectivity index (χ4v) is 1.88. The van der Waals surface area contributed by atoms with Crippen molar-refractivity contribution in [2.45, 2.75) is 45.2 Å². The summed E-state index contributed by atoms with van der Waals surface area (Å²) >= 11 is 0. The van der Waals surface area contributed by atoms with E-state index in [2.05, 4.69) is 24.1 Å². The van der Waals surface area contributed by atoms with E-state index in [1.54, 1.807) is 7.11 Å². The molecule has 1 aliphatic rings. The van der Waals surface area contributed by atoms with Crippen LogP contribution in [-0.2, 0) is 4.74 Å². The molecule has 0 spiro atoms. The van der Waals surface area contributed by atoms with Crippen LogP contribution in [0.5, 0.6) is 0 Å². The number of ether oxygens (including phenoxy) is 1. The lowest BCUT2D eigenvalue weighted by Crippen LogP contribution is -2.41. The Morgan fingerprint density at radius 1 is 1.47 bits per heavy atom. The third-order valence-corrected chi connectivity index (χ3v) is 2.90. The lowest BCUT2D eigenvalue weighted by Gasteiger charge is -2.25. The molecule has 1 aliphatic carbocycles. The molecule has 1 unspecified atom stereocenters. The molecule has 15 heavy (non-hydrogen) atoms. The molecule has 0 saturated heterocycles. The van der Waals surface area contributed by atoms with E-state index in [9.17, 15) is 0 Å². The van der Waals surface area contributed by atoms with Crippen LogP contribution in [0.15, 0.2) is 0 Å². The molecule has 1 fully saturated rings. The first kappa shape index (κ1) is 12.9. The molecule has 0 aromatic heterocycles. The number of nitrogens with one attached hydrogen (secondary N) is 1. The van der Waals surface area contributed by atoms with Crippen LogP contribution in [0.3, 0.4) is 0 Å². The van der Waals surface area contributed by atoms with Gasteiger partial charge in [-0.3, -0.25) is 4.90 Å². The number of methoxy groups -OCH3 is 1. The molecule has 0 aromatic carbocycles. The molecule has 0 amide bonds. The third-order valence-electron chi connectivity index (χ3n) is 2.90. The van der Waals surface area contributed by atoms with Crippen LogP contribution >= 0.6 is 0 Å². The maximum atomic E-state index is 5.15. The maximum Gasteiger partial charge on any atom is 0.0589 e. The van der Waals surface area contributed by atoms with Crippen LogP contribution in [0, 0.1) is 0 Å². The summed E-state index contributed by atoms with van der Waals surface area (Å²) in [6, 6.07) is 1.44. The van der Waals surface area contributed by atoms with Gasteiger partial charge in [-0.25, -0.2) is 0 Å². The fraction of sp³-hybridized carbons (Fsp3) is 1.00. The van der Waals surface area contributed by atoms with Gasteiger partial charge in [0.05, 0.1) is 6.61 Å². The van der Waals surface area contributed by atoms with Gasteiger partial charge in [-0.15, -0.1) is 0 Å². The number of hydrogen-bond acceptors (Lipinski definition) is 3. The minimum atomic E-state index is 0.599. The van der Waals surface area contributed by atoms with Crippen LogP contribution in [0.25, 0.3) is 0 Å². The first-order chi connectivity index (χ1) is 7.27. The Balaban J connectivity index is 2.17. The zero-order valence-corrected chi connectivity index (χ0v) is 10.5. The minimum absolute atomic E-state index is 0.599. The van der Waals surface area contributed by atoms with Crippen molar-refractivity contribution in [2.24, 2.45) is 0 Å². The summed E-state index contributed by atoms with van der Waals surface area (Å²) in [7, 11) is 1.78. The predicted molar refractivity (Wildman–Crippen MR) is 64.2 cm³/mol. The second kappa shape index (κ2) is 7.20. The highest BCUT2D eigenvalue weighted by atomic mass is 16.5. The van der Waals surface area contributed by atoms with Crippen molar-refractivity contribution in [3.8, 4) is 0 Å². The Morgan fingerprint density at radius 2 is 2.20 bits per heavy atom. The Hall–Kier alpha value is -0.120. The molecule has 1 N–H and O–H groups in total. The highest BCUT2D eigenvalue weighted by molar-refractivity contribution is 4.86. The first-order valence-corrected chi connectivity index (χ1v) is 6.24. The van der Waals surface area contributed by atoms with E-state index in [4.69, 9.17) is 4.74 Å². The fourth-order valence-electron chi connectivity index (χ4n) is 1.88. The molecule has 1 saturated carbocycles. The maximum absolute atomic E-state index is 5.15. The SMILES string of the molecule is CCCNC(C)CN(CCOC)C1CC1. The van der Waals surface area contributed by atoms with E-state index >= 15 is 0 Å². The highest BCUT2D eigenvalue weighted by Gasteiger charge is 2.29. The zero-order chi connectivity index (χ0) is 11.1. The summed E-state index contributed by atoms with van der Waals surface area (Å²) in [5, 5.41) is 3.54.